The van der Waals surface area contributed by atoms with E-state index in [1.54, 1.807) is 19.1 Å². The van der Waals surface area contributed by atoms with E-state index < -0.39 is 0 Å². The molecule has 3 rings (SSSR count). The quantitative estimate of drug-likeness (QED) is 0.929. The van der Waals surface area contributed by atoms with Crippen molar-refractivity contribution >= 4 is 5.91 Å². The van der Waals surface area contributed by atoms with Gasteiger partial charge >= 0.3 is 0 Å². The number of benzene rings is 1. The predicted molar refractivity (Wildman–Crippen MR) is 78.2 cm³/mol. The average Bonchev–Trinajstić information content (AvgIpc) is 3.27. The van der Waals surface area contributed by atoms with E-state index >= 15 is 0 Å². The van der Waals surface area contributed by atoms with Crippen molar-refractivity contribution in [2.75, 3.05) is 13.1 Å². The van der Waals surface area contributed by atoms with Crippen LogP contribution < -0.4 is 0 Å². The molecule has 4 heteroatoms. The SMILES string of the molecule is CC(O)C1CCCN(C(=O)C2CC2c2ccccc2F)C1. The Morgan fingerprint density at radius 1 is 1.43 bits per heavy atom. The maximum atomic E-state index is 13.8. The van der Waals surface area contributed by atoms with Crippen LogP contribution >= 0.6 is 0 Å². The summed E-state index contributed by atoms with van der Waals surface area (Å²) in [5.41, 5.74) is 0.667. The van der Waals surface area contributed by atoms with Gasteiger partial charge in [-0.05, 0) is 43.7 Å². The Bertz CT molecular complexity index is 531. The first kappa shape index (κ1) is 14.5. The first-order valence-electron chi connectivity index (χ1n) is 7.79. The van der Waals surface area contributed by atoms with Crippen LogP contribution in [0.3, 0.4) is 0 Å². The topological polar surface area (TPSA) is 40.5 Å². The van der Waals surface area contributed by atoms with E-state index in [-0.39, 0.29) is 35.6 Å². The highest BCUT2D eigenvalue weighted by atomic mass is 19.1. The fourth-order valence-electron chi connectivity index (χ4n) is 3.43. The number of amides is 1. The number of rotatable bonds is 3. The summed E-state index contributed by atoms with van der Waals surface area (Å²) < 4.78 is 13.8. The van der Waals surface area contributed by atoms with Crippen molar-refractivity contribution in [3.63, 3.8) is 0 Å². The van der Waals surface area contributed by atoms with Gasteiger partial charge in [0.25, 0.3) is 0 Å². The molecule has 1 saturated heterocycles. The number of carbonyl (C=O) groups is 1. The molecule has 2 fully saturated rings. The predicted octanol–water partition coefficient (Wildman–Crippen LogP) is 2.55. The third kappa shape index (κ3) is 2.95. The molecule has 0 spiro atoms. The van der Waals surface area contributed by atoms with Gasteiger partial charge in [-0.25, -0.2) is 4.39 Å². The summed E-state index contributed by atoms with van der Waals surface area (Å²) in [6.07, 6.45) is 2.29. The van der Waals surface area contributed by atoms with Gasteiger partial charge in [-0.15, -0.1) is 0 Å². The molecule has 1 saturated carbocycles. The van der Waals surface area contributed by atoms with Gasteiger partial charge in [0.05, 0.1) is 6.10 Å². The van der Waals surface area contributed by atoms with Crippen molar-refractivity contribution in [1.29, 1.82) is 0 Å². The van der Waals surface area contributed by atoms with Crippen LogP contribution in [0.1, 0.15) is 37.7 Å². The Labute approximate surface area is 124 Å². The largest absolute Gasteiger partial charge is 0.393 e. The van der Waals surface area contributed by atoms with Crippen LogP contribution in [0.4, 0.5) is 4.39 Å². The number of aliphatic hydroxyl groups is 1. The van der Waals surface area contributed by atoms with Gasteiger partial charge in [0.15, 0.2) is 0 Å². The van der Waals surface area contributed by atoms with Crippen molar-refractivity contribution in [1.82, 2.24) is 4.90 Å². The molecular formula is C17H22FNO2. The smallest absolute Gasteiger partial charge is 0.226 e. The molecule has 4 unspecified atom stereocenters. The Hall–Kier alpha value is -1.42. The fraction of sp³-hybridized carbons (Fsp3) is 0.588. The lowest BCUT2D eigenvalue weighted by Gasteiger charge is -2.34. The molecule has 3 nitrogen and oxygen atoms in total. The highest BCUT2D eigenvalue weighted by Gasteiger charge is 2.47. The molecular weight excluding hydrogens is 269 g/mol. The minimum atomic E-state index is -0.373. The Morgan fingerprint density at radius 3 is 2.90 bits per heavy atom. The zero-order chi connectivity index (χ0) is 15.0. The van der Waals surface area contributed by atoms with Crippen molar-refractivity contribution in [3.05, 3.63) is 35.6 Å². The summed E-state index contributed by atoms with van der Waals surface area (Å²) >= 11 is 0. The first-order chi connectivity index (χ1) is 10.1. The van der Waals surface area contributed by atoms with Crippen molar-refractivity contribution in [2.24, 2.45) is 11.8 Å². The molecule has 4 atom stereocenters. The van der Waals surface area contributed by atoms with E-state index in [1.165, 1.54) is 6.07 Å². The molecule has 1 aliphatic heterocycles. The van der Waals surface area contributed by atoms with E-state index in [4.69, 9.17) is 0 Å². The third-order valence-corrected chi connectivity index (χ3v) is 4.86. The summed E-state index contributed by atoms with van der Waals surface area (Å²) in [6, 6.07) is 6.74. The Kier molecular flexibility index (Phi) is 3.98. The molecule has 1 aromatic rings. The minimum Gasteiger partial charge on any atom is -0.393 e. The summed E-state index contributed by atoms with van der Waals surface area (Å²) in [7, 11) is 0. The van der Waals surface area contributed by atoms with E-state index in [1.807, 2.05) is 11.0 Å². The fourth-order valence-corrected chi connectivity index (χ4v) is 3.43. The number of carbonyl (C=O) groups excluding carboxylic acids is 1. The van der Waals surface area contributed by atoms with Crippen LogP contribution in [0, 0.1) is 17.7 Å². The number of aliphatic hydroxyl groups excluding tert-OH is 1. The maximum absolute atomic E-state index is 13.8. The Morgan fingerprint density at radius 2 is 2.19 bits per heavy atom. The van der Waals surface area contributed by atoms with Crippen LogP contribution in [0.5, 0.6) is 0 Å². The Balaban J connectivity index is 1.64. The number of halogens is 1. The average molecular weight is 291 g/mol. The number of likely N-dealkylation sites (tertiary alicyclic amines) is 1. The van der Waals surface area contributed by atoms with Gasteiger partial charge in [-0.2, -0.15) is 0 Å². The second kappa shape index (κ2) is 5.76. The monoisotopic (exact) mass is 291 g/mol. The maximum Gasteiger partial charge on any atom is 0.226 e. The number of nitrogens with zero attached hydrogens (tertiary/aromatic N) is 1. The minimum absolute atomic E-state index is 0.0330. The molecule has 0 aromatic heterocycles. The van der Waals surface area contributed by atoms with Crippen molar-refractivity contribution in [2.45, 2.75) is 38.2 Å². The van der Waals surface area contributed by atoms with Crippen LogP contribution in [0.15, 0.2) is 24.3 Å². The standard InChI is InChI=1S/C17H22FNO2/c1-11(20)12-5-4-8-19(10-12)17(21)15-9-14(15)13-6-2-3-7-16(13)18/h2-3,6-7,11-12,14-15,20H,4-5,8-10H2,1H3. The van der Waals surface area contributed by atoms with Gasteiger partial charge in [0.2, 0.25) is 5.91 Å². The lowest BCUT2D eigenvalue weighted by atomic mass is 9.93. The molecule has 1 aliphatic carbocycles. The molecule has 21 heavy (non-hydrogen) atoms. The van der Waals surface area contributed by atoms with Gasteiger partial charge in [-0.3, -0.25) is 4.79 Å². The lowest BCUT2D eigenvalue weighted by molar-refractivity contribution is -0.135. The van der Waals surface area contributed by atoms with E-state index in [9.17, 15) is 14.3 Å². The normalized spacial score (nSPS) is 30.0. The van der Waals surface area contributed by atoms with Crippen LogP contribution in [-0.4, -0.2) is 35.1 Å². The van der Waals surface area contributed by atoms with E-state index in [0.717, 1.165) is 25.8 Å². The van der Waals surface area contributed by atoms with Gasteiger partial charge < -0.3 is 10.0 Å². The van der Waals surface area contributed by atoms with Gasteiger partial charge in [-0.1, -0.05) is 18.2 Å². The van der Waals surface area contributed by atoms with Gasteiger partial charge in [0.1, 0.15) is 5.82 Å². The number of hydrogen-bond donors (Lipinski definition) is 1. The summed E-state index contributed by atoms with van der Waals surface area (Å²) in [5, 5.41) is 9.71. The highest BCUT2D eigenvalue weighted by molar-refractivity contribution is 5.83. The molecule has 2 aliphatic rings. The van der Waals surface area contributed by atoms with Gasteiger partial charge in [0, 0.05) is 24.9 Å². The molecule has 0 bridgehead atoms. The number of hydrogen-bond acceptors (Lipinski definition) is 2. The molecule has 114 valence electrons. The third-order valence-electron chi connectivity index (χ3n) is 4.86. The second-order valence-corrected chi connectivity index (χ2v) is 6.40. The van der Waals surface area contributed by atoms with Crippen molar-refractivity contribution < 1.29 is 14.3 Å². The van der Waals surface area contributed by atoms with E-state index in [0.29, 0.717) is 12.1 Å². The summed E-state index contributed by atoms with van der Waals surface area (Å²) in [5.74, 6) is 0.0561. The molecule has 1 heterocycles. The van der Waals surface area contributed by atoms with E-state index in [2.05, 4.69) is 0 Å². The zero-order valence-corrected chi connectivity index (χ0v) is 12.3. The summed E-state index contributed by atoms with van der Waals surface area (Å²) in [4.78, 5) is 14.4. The molecule has 1 amide bonds. The summed E-state index contributed by atoms with van der Waals surface area (Å²) in [6.45, 7) is 3.19. The lowest BCUT2D eigenvalue weighted by Crippen LogP contribution is -2.43. The number of piperidine rings is 1. The second-order valence-electron chi connectivity index (χ2n) is 6.40. The van der Waals surface area contributed by atoms with Crippen LogP contribution in [0.25, 0.3) is 0 Å². The molecule has 1 aromatic carbocycles. The van der Waals surface area contributed by atoms with Crippen molar-refractivity contribution in [3.8, 4) is 0 Å². The van der Waals surface area contributed by atoms with Crippen LogP contribution in [-0.2, 0) is 4.79 Å². The first-order valence-corrected chi connectivity index (χ1v) is 7.79. The highest BCUT2D eigenvalue weighted by Crippen LogP contribution is 2.49. The zero-order valence-electron chi connectivity index (χ0n) is 12.3. The molecule has 1 N–H and O–H groups in total. The molecule has 0 radical (unpaired) electrons. The van der Waals surface area contributed by atoms with Crippen LogP contribution in [0.2, 0.25) is 0 Å².